The summed E-state index contributed by atoms with van der Waals surface area (Å²) in [6.07, 6.45) is -1.39. The molecule has 0 aromatic heterocycles. The van der Waals surface area contributed by atoms with Crippen LogP contribution in [-0.4, -0.2) is 30.4 Å². The zero-order chi connectivity index (χ0) is 11.6. The summed E-state index contributed by atoms with van der Waals surface area (Å²) in [6.45, 7) is 6.36. The Labute approximate surface area is 88.7 Å². The second kappa shape index (κ2) is 4.61. The van der Waals surface area contributed by atoms with Crippen molar-refractivity contribution in [2.24, 2.45) is 5.92 Å². The Morgan fingerprint density at radius 3 is 2.07 bits per heavy atom. The number of esters is 2. The van der Waals surface area contributed by atoms with Crippen LogP contribution in [0.25, 0.3) is 0 Å². The van der Waals surface area contributed by atoms with Crippen LogP contribution in [0.15, 0.2) is 0 Å². The monoisotopic (exact) mass is 216 g/mol. The Bertz CT molecular complexity index is 263. The fraction of sp³-hybridized carbons (Fsp3) is 0.800. The third-order valence-corrected chi connectivity index (χ3v) is 2.46. The predicted molar refractivity (Wildman–Crippen MR) is 50.8 cm³/mol. The van der Waals surface area contributed by atoms with Crippen LogP contribution in [0.3, 0.4) is 0 Å². The van der Waals surface area contributed by atoms with Gasteiger partial charge in [0.1, 0.15) is 0 Å². The molecule has 0 amide bonds. The molecule has 0 aromatic rings. The van der Waals surface area contributed by atoms with Gasteiger partial charge in [0, 0.05) is 19.8 Å². The first-order valence-electron chi connectivity index (χ1n) is 4.91. The standard InChI is InChI=1S/C10H16O5/c1-5-6(2)13-10(15-8(4)12)9(5)14-7(3)11/h5-6,9-10H,1-4H3/t5?,6-,9+,10+/m1/s1. The van der Waals surface area contributed by atoms with Gasteiger partial charge in [0.25, 0.3) is 0 Å². The molecular formula is C10H16O5. The molecule has 0 radical (unpaired) electrons. The summed E-state index contributed by atoms with van der Waals surface area (Å²) in [4.78, 5) is 21.7. The Morgan fingerprint density at radius 2 is 1.60 bits per heavy atom. The largest absolute Gasteiger partial charge is 0.455 e. The molecule has 0 saturated carbocycles. The normalized spacial score (nSPS) is 34.9. The van der Waals surface area contributed by atoms with Gasteiger partial charge < -0.3 is 14.2 Å². The van der Waals surface area contributed by atoms with Crippen LogP contribution in [0.2, 0.25) is 0 Å². The van der Waals surface area contributed by atoms with Crippen molar-refractivity contribution >= 4 is 11.9 Å². The number of rotatable bonds is 2. The van der Waals surface area contributed by atoms with E-state index < -0.39 is 24.3 Å². The van der Waals surface area contributed by atoms with E-state index in [-0.39, 0.29) is 12.0 Å². The van der Waals surface area contributed by atoms with Crippen LogP contribution >= 0.6 is 0 Å². The lowest BCUT2D eigenvalue weighted by Crippen LogP contribution is -2.33. The molecule has 86 valence electrons. The first-order chi connectivity index (χ1) is 6.91. The summed E-state index contributed by atoms with van der Waals surface area (Å²) in [7, 11) is 0. The predicted octanol–water partition coefficient (Wildman–Crippen LogP) is 0.862. The first-order valence-corrected chi connectivity index (χ1v) is 4.91. The maximum Gasteiger partial charge on any atom is 0.305 e. The molecular weight excluding hydrogens is 200 g/mol. The van der Waals surface area contributed by atoms with E-state index in [0.717, 1.165) is 0 Å². The minimum Gasteiger partial charge on any atom is -0.455 e. The van der Waals surface area contributed by atoms with E-state index in [4.69, 9.17) is 14.2 Å². The molecule has 0 aliphatic carbocycles. The molecule has 0 aromatic carbocycles. The Kier molecular flexibility index (Phi) is 3.68. The average molecular weight is 216 g/mol. The fourth-order valence-corrected chi connectivity index (χ4v) is 1.54. The van der Waals surface area contributed by atoms with Crippen LogP contribution in [0.1, 0.15) is 27.7 Å². The first kappa shape index (κ1) is 12.0. The molecule has 1 fully saturated rings. The second-order valence-corrected chi connectivity index (χ2v) is 3.75. The second-order valence-electron chi connectivity index (χ2n) is 3.75. The van der Waals surface area contributed by atoms with Crippen molar-refractivity contribution in [2.75, 3.05) is 0 Å². The van der Waals surface area contributed by atoms with Gasteiger partial charge in [0.2, 0.25) is 6.29 Å². The van der Waals surface area contributed by atoms with Crippen LogP contribution in [-0.2, 0) is 23.8 Å². The minimum absolute atomic E-state index is 0.0123. The number of hydrogen-bond acceptors (Lipinski definition) is 5. The SMILES string of the molecule is CC(=O)O[C@@H]1O[C@H](C)C(C)[C@@H]1OC(C)=O. The smallest absolute Gasteiger partial charge is 0.305 e. The Hall–Kier alpha value is -1.10. The topological polar surface area (TPSA) is 61.8 Å². The number of carbonyl (C=O) groups excluding carboxylic acids is 2. The highest BCUT2D eigenvalue weighted by molar-refractivity contribution is 5.67. The van der Waals surface area contributed by atoms with Gasteiger partial charge in [-0.15, -0.1) is 0 Å². The summed E-state index contributed by atoms with van der Waals surface area (Å²) in [5, 5.41) is 0. The Balaban J connectivity index is 2.68. The molecule has 1 saturated heterocycles. The van der Waals surface area contributed by atoms with Crippen molar-refractivity contribution in [3.8, 4) is 0 Å². The highest BCUT2D eigenvalue weighted by Gasteiger charge is 2.44. The van der Waals surface area contributed by atoms with Crippen LogP contribution in [0.4, 0.5) is 0 Å². The number of ether oxygens (including phenoxy) is 3. The molecule has 1 aliphatic rings. The van der Waals surface area contributed by atoms with Crippen molar-refractivity contribution in [1.82, 2.24) is 0 Å². The van der Waals surface area contributed by atoms with Gasteiger partial charge in [-0.1, -0.05) is 6.92 Å². The highest BCUT2D eigenvalue weighted by atomic mass is 16.7. The molecule has 5 nitrogen and oxygen atoms in total. The van der Waals surface area contributed by atoms with E-state index in [9.17, 15) is 9.59 Å². The summed E-state index contributed by atoms with van der Waals surface area (Å²) in [5.41, 5.74) is 0. The lowest BCUT2D eigenvalue weighted by molar-refractivity contribution is -0.193. The zero-order valence-corrected chi connectivity index (χ0v) is 9.35. The summed E-state index contributed by atoms with van der Waals surface area (Å²) in [5.74, 6) is -0.835. The summed E-state index contributed by atoms with van der Waals surface area (Å²) in [6, 6.07) is 0. The molecule has 1 aliphatic heterocycles. The fourth-order valence-electron chi connectivity index (χ4n) is 1.54. The lowest BCUT2D eigenvalue weighted by Gasteiger charge is -2.19. The average Bonchev–Trinajstić information content (AvgIpc) is 2.31. The van der Waals surface area contributed by atoms with Gasteiger partial charge in [-0.3, -0.25) is 9.59 Å². The van der Waals surface area contributed by atoms with Gasteiger partial charge >= 0.3 is 11.9 Å². The Morgan fingerprint density at radius 1 is 1.07 bits per heavy atom. The third-order valence-electron chi connectivity index (χ3n) is 2.46. The molecule has 1 rings (SSSR count). The van der Waals surface area contributed by atoms with Crippen molar-refractivity contribution in [2.45, 2.75) is 46.2 Å². The van der Waals surface area contributed by atoms with Crippen molar-refractivity contribution in [3.63, 3.8) is 0 Å². The maximum absolute atomic E-state index is 10.9. The number of hydrogen-bond donors (Lipinski definition) is 0. The molecule has 0 bridgehead atoms. The van der Waals surface area contributed by atoms with Crippen LogP contribution < -0.4 is 0 Å². The van der Waals surface area contributed by atoms with E-state index in [1.807, 2.05) is 13.8 Å². The van der Waals surface area contributed by atoms with E-state index in [1.165, 1.54) is 13.8 Å². The minimum atomic E-state index is -0.781. The lowest BCUT2D eigenvalue weighted by atomic mass is 10.0. The van der Waals surface area contributed by atoms with E-state index >= 15 is 0 Å². The third kappa shape index (κ3) is 2.92. The van der Waals surface area contributed by atoms with Crippen molar-refractivity contribution in [1.29, 1.82) is 0 Å². The zero-order valence-electron chi connectivity index (χ0n) is 9.35. The van der Waals surface area contributed by atoms with Crippen LogP contribution in [0.5, 0.6) is 0 Å². The van der Waals surface area contributed by atoms with Gasteiger partial charge in [0.15, 0.2) is 6.10 Å². The quantitative estimate of drug-likeness (QED) is 0.641. The van der Waals surface area contributed by atoms with E-state index in [0.29, 0.717) is 0 Å². The molecule has 5 heteroatoms. The number of carbonyl (C=O) groups is 2. The molecule has 1 unspecified atom stereocenters. The van der Waals surface area contributed by atoms with E-state index in [1.54, 1.807) is 0 Å². The summed E-state index contributed by atoms with van der Waals surface area (Å²) < 4.78 is 15.4. The maximum atomic E-state index is 10.9. The van der Waals surface area contributed by atoms with E-state index in [2.05, 4.69) is 0 Å². The van der Waals surface area contributed by atoms with Crippen LogP contribution in [0, 0.1) is 5.92 Å². The van der Waals surface area contributed by atoms with Gasteiger partial charge in [-0.05, 0) is 6.92 Å². The molecule has 0 spiro atoms. The molecule has 0 N–H and O–H groups in total. The van der Waals surface area contributed by atoms with Gasteiger partial charge in [-0.25, -0.2) is 0 Å². The molecule has 1 heterocycles. The van der Waals surface area contributed by atoms with Gasteiger partial charge in [-0.2, -0.15) is 0 Å². The summed E-state index contributed by atoms with van der Waals surface area (Å²) >= 11 is 0. The van der Waals surface area contributed by atoms with Crippen molar-refractivity contribution < 1.29 is 23.8 Å². The highest BCUT2D eigenvalue weighted by Crippen LogP contribution is 2.29. The van der Waals surface area contributed by atoms with Crippen molar-refractivity contribution in [3.05, 3.63) is 0 Å². The van der Waals surface area contributed by atoms with Gasteiger partial charge in [0.05, 0.1) is 6.10 Å². The molecule has 15 heavy (non-hydrogen) atoms. The molecule has 4 atom stereocenters.